The molecule has 0 unspecified atom stereocenters. The standard InChI is InChI=1S/C16H19NO2/c1-5-6-13-15(18)14(16(17-4)19-13)12-9-10(2)7-8-11(12)3/h5,7-9,17-18H,1,6H2,2-4H3. The summed E-state index contributed by atoms with van der Waals surface area (Å²) in [4.78, 5) is 0. The maximum absolute atomic E-state index is 10.4. The SMILES string of the molecule is C=CCc1oc(NC)c(-c2cc(C)ccc2C)c1O. The fourth-order valence-electron chi connectivity index (χ4n) is 2.17. The van der Waals surface area contributed by atoms with Gasteiger partial charge < -0.3 is 14.8 Å². The van der Waals surface area contributed by atoms with Gasteiger partial charge in [0.15, 0.2) is 11.5 Å². The molecule has 0 bridgehead atoms. The lowest BCUT2D eigenvalue weighted by Crippen LogP contribution is -1.90. The van der Waals surface area contributed by atoms with Crippen LogP contribution in [0.2, 0.25) is 0 Å². The smallest absolute Gasteiger partial charge is 0.204 e. The first-order valence-electron chi connectivity index (χ1n) is 6.29. The molecule has 0 fully saturated rings. The second kappa shape index (κ2) is 5.22. The number of aryl methyl sites for hydroxylation is 2. The van der Waals surface area contributed by atoms with Crippen molar-refractivity contribution in [1.82, 2.24) is 0 Å². The molecule has 0 amide bonds. The molecule has 19 heavy (non-hydrogen) atoms. The third-order valence-corrected chi connectivity index (χ3v) is 3.17. The highest BCUT2D eigenvalue weighted by Crippen LogP contribution is 2.43. The molecule has 0 aliphatic carbocycles. The van der Waals surface area contributed by atoms with Crippen LogP contribution in [-0.4, -0.2) is 12.2 Å². The normalized spacial score (nSPS) is 10.5. The molecule has 0 atom stereocenters. The molecule has 1 aromatic carbocycles. The van der Waals surface area contributed by atoms with Gasteiger partial charge in [-0.05, 0) is 25.0 Å². The molecular weight excluding hydrogens is 238 g/mol. The van der Waals surface area contributed by atoms with Crippen LogP contribution in [0.4, 0.5) is 5.88 Å². The van der Waals surface area contributed by atoms with Crippen molar-refractivity contribution in [2.45, 2.75) is 20.3 Å². The molecule has 2 N–H and O–H groups in total. The van der Waals surface area contributed by atoms with Crippen molar-refractivity contribution in [2.24, 2.45) is 0 Å². The highest BCUT2D eigenvalue weighted by atomic mass is 16.4. The number of allylic oxidation sites excluding steroid dienone is 1. The van der Waals surface area contributed by atoms with Crippen molar-refractivity contribution in [1.29, 1.82) is 0 Å². The van der Waals surface area contributed by atoms with E-state index in [1.807, 2.05) is 19.9 Å². The highest BCUT2D eigenvalue weighted by molar-refractivity contribution is 5.83. The zero-order valence-corrected chi connectivity index (χ0v) is 11.6. The number of benzene rings is 1. The van der Waals surface area contributed by atoms with Gasteiger partial charge in [-0.25, -0.2) is 0 Å². The molecule has 0 aliphatic rings. The molecule has 1 heterocycles. The maximum atomic E-state index is 10.4. The Morgan fingerprint density at radius 3 is 2.74 bits per heavy atom. The van der Waals surface area contributed by atoms with E-state index in [1.165, 1.54) is 0 Å². The first-order chi connectivity index (χ1) is 9.08. The summed E-state index contributed by atoms with van der Waals surface area (Å²) in [6, 6.07) is 6.15. The van der Waals surface area contributed by atoms with E-state index in [2.05, 4.69) is 24.0 Å². The van der Waals surface area contributed by atoms with Crippen molar-refractivity contribution < 1.29 is 9.52 Å². The van der Waals surface area contributed by atoms with Gasteiger partial charge in [-0.3, -0.25) is 0 Å². The van der Waals surface area contributed by atoms with Crippen molar-refractivity contribution in [3.8, 4) is 16.9 Å². The Hall–Kier alpha value is -2.16. The van der Waals surface area contributed by atoms with Gasteiger partial charge in [-0.15, -0.1) is 6.58 Å². The Labute approximate surface area is 113 Å². The number of hydrogen-bond donors (Lipinski definition) is 2. The average Bonchev–Trinajstić information content (AvgIpc) is 2.70. The van der Waals surface area contributed by atoms with E-state index in [9.17, 15) is 5.11 Å². The van der Waals surface area contributed by atoms with Gasteiger partial charge in [-0.1, -0.05) is 29.8 Å². The molecule has 100 valence electrons. The maximum Gasteiger partial charge on any atom is 0.204 e. The summed E-state index contributed by atoms with van der Waals surface area (Å²) in [6.45, 7) is 7.73. The van der Waals surface area contributed by atoms with Gasteiger partial charge in [0.05, 0.1) is 5.56 Å². The minimum Gasteiger partial charge on any atom is -0.504 e. The van der Waals surface area contributed by atoms with E-state index in [4.69, 9.17) is 4.42 Å². The monoisotopic (exact) mass is 257 g/mol. The van der Waals surface area contributed by atoms with Crippen LogP contribution in [-0.2, 0) is 6.42 Å². The first-order valence-corrected chi connectivity index (χ1v) is 6.29. The molecule has 0 aliphatic heterocycles. The van der Waals surface area contributed by atoms with Gasteiger partial charge in [0.2, 0.25) is 5.88 Å². The Bertz CT molecular complexity index is 611. The predicted octanol–water partition coefficient (Wildman–Crippen LogP) is 4.04. The quantitative estimate of drug-likeness (QED) is 0.812. The summed E-state index contributed by atoms with van der Waals surface area (Å²) in [7, 11) is 1.78. The van der Waals surface area contributed by atoms with Gasteiger partial charge in [0.1, 0.15) is 0 Å². The third-order valence-electron chi connectivity index (χ3n) is 3.17. The number of hydrogen-bond acceptors (Lipinski definition) is 3. The Balaban J connectivity index is 2.66. The zero-order chi connectivity index (χ0) is 14.0. The lowest BCUT2D eigenvalue weighted by Gasteiger charge is -2.07. The van der Waals surface area contributed by atoms with E-state index in [0.29, 0.717) is 18.1 Å². The molecule has 0 radical (unpaired) electrons. The predicted molar refractivity (Wildman–Crippen MR) is 78.7 cm³/mol. The summed E-state index contributed by atoms with van der Waals surface area (Å²) in [5, 5.41) is 13.4. The fraction of sp³-hybridized carbons (Fsp3) is 0.250. The van der Waals surface area contributed by atoms with Gasteiger partial charge in [-0.2, -0.15) is 0 Å². The molecule has 0 saturated heterocycles. The van der Waals surface area contributed by atoms with Gasteiger partial charge in [0.25, 0.3) is 0 Å². The van der Waals surface area contributed by atoms with E-state index in [0.717, 1.165) is 22.3 Å². The molecule has 3 heteroatoms. The van der Waals surface area contributed by atoms with Crippen LogP contribution in [0.1, 0.15) is 16.9 Å². The number of rotatable bonds is 4. The zero-order valence-electron chi connectivity index (χ0n) is 11.6. The molecule has 1 aromatic heterocycles. The fourth-order valence-corrected chi connectivity index (χ4v) is 2.17. The van der Waals surface area contributed by atoms with Crippen LogP contribution in [0, 0.1) is 13.8 Å². The molecule has 2 aromatic rings. The summed E-state index contributed by atoms with van der Waals surface area (Å²) in [5.41, 5.74) is 3.96. The van der Waals surface area contributed by atoms with Crippen LogP contribution in [0.3, 0.4) is 0 Å². The first kappa shape index (κ1) is 13.3. The number of anilines is 1. The number of nitrogens with one attached hydrogen (secondary N) is 1. The van der Waals surface area contributed by atoms with Crippen LogP contribution >= 0.6 is 0 Å². The van der Waals surface area contributed by atoms with Crippen molar-refractivity contribution in [2.75, 3.05) is 12.4 Å². The van der Waals surface area contributed by atoms with Crippen LogP contribution in [0.15, 0.2) is 35.3 Å². The lowest BCUT2D eigenvalue weighted by molar-refractivity contribution is 0.441. The van der Waals surface area contributed by atoms with Crippen LogP contribution < -0.4 is 5.32 Å². The minimum absolute atomic E-state index is 0.193. The minimum atomic E-state index is 0.193. The Kier molecular flexibility index (Phi) is 3.65. The molecule has 3 nitrogen and oxygen atoms in total. The van der Waals surface area contributed by atoms with Crippen molar-refractivity contribution >= 4 is 5.88 Å². The summed E-state index contributed by atoms with van der Waals surface area (Å²) in [5.74, 6) is 1.32. The number of furan rings is 1. The van der Waals surface area contributed by atoms with E-state index < -0.39 is 0 Å². The van der Waals surface area contributed by atoms with Gasteiger partial charge in [0, 0.05) is 13.5 Å². The topological polar surface area (TPSA) is 45.4 Å². The Morgan fingerprint density at radius 2 is 2.11 bits per heavy atom. The Morgan fingerprint density at radius 1 is 1.37 bits per heavy atom. The molecule has 2 rings (SSSR count). The van der Waals surface area contributed by atoms with Gasteiger partial charge >= 0.3 is 0 Å². The van der Waals surface area contributed by atoms with Crippen LogP contribution in [0.5, 0.6) is 5.75 Å². The average molecular weight is 257 g/mol. The second-order valence-corrected chi connectivity index (χ2v) is 4.64. The third kappa shape index (κ3) is 2.36. The van der Waals surface area contributed by atoms with Crippen molar-refractivity contribution in [3.63, 3.8) is 0 Å². The van der Waals surface area contributed by atoms with E-state index >= 15 is 0 Å². The van der Waals surface area contributed by atoms with Crippen LogP contribution in [0.25, 0.3) is 11.1 Å². The van der Waals surface area contributed by atoms with Crippen molar-refractivity contribution in [3.05, 3.63) is 47.7 Å². The summed E-state index contributed by atoms with van der Waals surface area (Å²) < 4.78 is 5.65. The lowest BCUT2D eigenvalue weighted by atomic mass is 9.99. The molecule has 0 saturated carbocycles. The summed E-state index contributed by atoms with van der Waals surface area (Å²) in [6.07, 6.45) is 2.22. The van der Waals surface area contributed by atoms with E-state index in [1.54, 1.807) is 13.1 Å². The number of aromatic hydroxyl groups is 1. The largest absolute Gasteiger partial charge is 0.504 e. The molecule has 0 spiro atoms. The second-order valence-electron chi connectivity index (χ2n) is 4.64. The molecular formula is C16H19NO2. The summed E-state index contributed by atoms with van der Waals surface area (Å²) >= 11 is 0. The van der Waals surface area contributed by atoms with E-state index in [-0.39, 0.29) is 5.75 Å². The highest BCUT2D eigenvalue weighted by Gasteiger charge is 2.21.